The fraction of sp³-hybridized carbons (Fsp3) is 0.818. The van der Waals surface area contributed by atoms with Crippen molar-refractivity contribution in [1.29, 1.82) is 0 Å². The van der Waals surface area contributed by atoms with Crippen LogP contribution in [-0.2, 0) is 4.74 Å². The molecular weight excluding hydrogens is 219 g/mol. The molecule has 2 rings (SSSR count). The first-order chi connectivity index (χ1) is 6.45. The highest BCUT2D eigenvalue weighted by Gasteiger charge is 2.77. The van der Waals surface area contributed by atoms with Crippen LogP contribution in [0.4, 0.5) is 0 Å². The second-order valence-corrected chi connectivity index (χ2v) is 6.00. The fourth-order valence-corrected chi connectivity index (χ4v) is 3.48. The van der Waals surface area contributed by atoms with Crippen molar-refractivity contribution in [2.75, 3.05) is 7.11 Å². The number of halogens is 2. The zero-order chi connectivity index (χ0) is 10.6. The third-order valence-corrected chi connectivity index (χ3v) is 4.86. The molecule has 1 fully saturated rings. The Morgan fingerprint density at radius 2 is 2.14 bits per heavy atom. The molecule has 1 saturated carbocycles. The predicted octanol–water partition coefficient (Wildman–Crippen LogP) is 3.55. The van der Waals surface area contributed by atoms with Crippen LogP contribution in [-0.4, -0.2) is 17.0 Å². The Morgan fingerprint density at radius 1 is 1.50 bits per heavy atom. The lowest BCUT2D eigenvalue weighted by molar-refractivity contribution is 0.0623. The minimum absolute atomic E-state index is 0.283. The van der Waals surface area contributed by atoms with E-state index in [-0.39, 0.29) is 11.5 Å². The topological polar surface area (TPSA) is 9.23 Å². The SMILES string of the molecule is COC12CC=C(C(C)C)CC1C2(Cl)Cl. The fourth-order valence-electron chi connectivity index (χ4n) is 2.51. The van der Waals surface area contributed by atoms with Crippen molar-refractivity contribution in [1.82, 2.24) is 0 Å². The van der Waals surface area contributed by atoms with Gasteiger partial charge in [0.1, 0.15) is 5.60 Å². The van der Waals surface area contributed by atoms with Crippen LogP contribution in [0.3, 0.4) is 0 Å². The number of hydrogen-bond acceptors (Lipinski definition) is 1. The van der Waals surface area contributed by atoms with Gasteiger partial charge in [0.25, 0.3) is 0 Å². The van der Waals surface area contributed by atoms with E-state index in [0.717, 1.165) is 12.8 Å². The maximum absolute atomic E-state index is 6.25. The Labute approximate surface area is 95.4 Å². The Bertz CT molecular complexity index is 283. The van der Waals surface area contributed by atoms with E-state index in [9.17, 15) is 0 Å². The van der Waals surface area contributed by atoms with Crippen LogP contribution in [0.15, 0.2) is 11.6 Å². The van der Waals surface area contributed by atoms with E-state index in [1.54, 1.807) is 7.11 Å². The summed E-state index contributed by atoms with van der Waals surface area (Å²) in [4.78, 5) is 0. The van der Waals surface area contributed by atoms with E-state index in [4.69, 9.17) is 27.9 Å². The molecule has 0 aromatic carbocycles. The first-order valence-electron chi connectivity index (χ1n) is 5.07. The van der Waals surface area contributed by atoms with Crippen LogP contribution >= 0.6 is 23.2 Å². The molecule has 0 N–H and O–H groups in total. The number of fused-ring (bicyclic) bond motifs is 1. The van der Waals surface area contributed by atoms with Gasteiger partial charge in [-0.15, -0.1) is 0 Å². The highest BCUT2D eigenvalue weighted by molar-refractivity contribution is 6.52. The predicted molar refractivity (Wildman–Crippen MR) is 59.8 cm³/mol. The van der Waals surface area contributed by atoms with E-state index in [1.165, 1.54) is 5.57 Å². The van der Waals surface area contributed by atoms with Gasteiger partial charge in [-0.3, -0.25) is 0 Å². The molecule has 3 heteroatoms. The molecule has 0 radical (unpaired) electrons. The van der Waals surface area contributed by atoms with E-state index in [0.29, 0.717) is 5.92 Å². The largest absolute Gasteiger partial charge is 0.374 e. The normalized spacial score (nSPS) is 39.3. The lowest BCUT2D eigenvalue weighted by Crippen LogP contribution is -2.22. The Balaban J connectivity index is 2.19. The van der Waals surface area contributed by atoms with Crippen molar-refractivity contribution in [2.24, 2.45) is 11.8 Å². The maximum Gasteiger partial charge on any atom is 0.153 e. The van der Waals surface area contributed by atoms with Gasteiger partial charge in [-0.2, -0.15) is 0 Å². The van der Waals surface area contributed by atoms with Gasteiger partial charge in [0, 0.05) is 13.0 Å². The lowest BCUT2D eigenvalue weighted by Gasteiger charge is -2.21. The standard InChI is InChI=1S/C11H16Cl2O/c1-7(2)8-4-5-10(14-3)9(6-8)11(10,12)13/h4,7,9H,5-6H2,1-3H3. The van der Waals surface area contributed by atoms with Crippen molar-refractivity contribution < 1.29 is 4.74 Å². The molecule has 0 aliphatic heterocycles. The molecule has 0 aromatic rings. The van der Waals surface area contributed by atoms with Crippen molar-refractivity contribution in [3.8, 4) is 0 Å². The van der Waals surface area contributed by atoms with Gasteiger partial charge in [0.2, 0.25) is 0 Å². The summed E-state index contributed by atoms with van der Waals surface area (Å²) in [5.41, 5.74) is 1.17. The highest BCUT2D eigenvalue weighted by Crippen LogP contribution is 2.70. The van der Waals surface area contributed by atoms with Crippen LogP contribution < -0.4 is 0 Å². The zero-order valence-corrected chi connectivity index (χ0v) is 10.3. The molecule has 0 spiro atoms. The van der Waals surface area contributed by atoms with Gasteiger partial charge >= 0.3 is 0 Å². The molecule has 0 aromatic heterocycles. The van der Waals surface area contributed by atoms with Gasteiger partial charge in [-0.1, -0.05) is 48.7 Å². The van der Waals surface area contributed by atoms with Crippen LogP contribution in [0, 0.1) is 11.8 Å². The zero-order valence-electron chi connectivity index (χ0n) is 8.81. The summed E-state index contributed by atoms with van der Waals surface area (Å²) in [6.07, 6.45) is 4.09. The Kier molecular flexibility index (Phi) is 2.41. The lowest BCUT2D eigenvalue weighted by atomic mass is 9.90. The van der Waals surface area contributed by atoms with E-state index in [1.807, 2.05) is 0 Å². The van der Waals surface area contributed by atoms with Gasteiger partial charge in [-0.25, -0.2) is 0 Å². The minimum atomic E-state index is -0.672. The van der Waals surface area contributed by atoms with E-state index >= 15 is 0 Å². The molecule has 0 amide bonds. The van der Waals surface area contributed by atoms with Gasteiger partial charge in [-0.05, 0) is 18.8 Å². The average Bonchev–Trinajstić information content (AvgIpc) is 2.64. The second kappa shape index (κ2) is 3.13. The molecule has 2 aliphatic rings. The molecule has 1 nitrogen and oxygen atoms in total. The molecule has 80 valence electrons. The summed E-state index contributed by atoms with van der Waals surface area (Å²) >= 11 is 12.5. The minimum Gasteiger partial charge on any atom is -0.374 e. The molecular formula is C11H16Cl2O. The third-order valence-electron chi connectivity index (χ3n) is 3.69. The monoisotopic (exact) mass is 234 g/mol. The quantitative estimate of drug-likeness (QED) is 0.525. The van der Waals surface area contributed by atoms with E-state index in [2.05, 4.69) is 19.9 Å². The number of hydrogen-bond donors (Lipinski definition) is 0. The van der Waals surface area contributed by atoms with Crippen LogP contribution in [0.25, 0.3) is 0 Å². The number of ether oxygens (including phenoxy) is 1. The van der Waals surface area contributed by atoms with Crippen molar-refractivity contribution in [3.05, 3.63) is 11.6 Å². The molecule has 2 atom stereocenters. The Morgan fingerprint density at radius 3 is 2.57 bits per heavy atom. The van der Waals surface area contributed by atoms with E-state index < -0.39 is 4.33 Å². The number of allylic oxidation sites excluding steroid dienone is 1. The van der Waals surface area contributed by atoms with Gasteiger partial charge < -0.3 is 4.74 Å². The second-order valence-electron chi connectivity index (χ2n) is 4.61. The maximum atomic E-state index is 6.25. The van der Waals surface area contributed by atoms with Gasteiger partial charge in [0.05, 0.1) is 0 Å². The van der Waals surface area contributed by atoms with Crippen molar-refractivity contribution in [3.63, 3.8) is 0 Å². The number of methoxy groups -OCH3 is 1. The van der Waals surface area contributed by atoms with Crippen LogP contribution in [0.2, 0.25) is 0 Å². The first-order valence-corrected chi connectivity index (χ1v) is 5.83. The third kappa shape index (κ3) is 1.19. The summed E-state index contributed by atoms with van der Waals surface area (Å²) in [5, 5.41) is 0. The summed E-state index contributed by atoms with van der Waals surface area (Å²) in [6.45, 7) is 4.41. The molecule has 2 unspecified atom stereocenters. The van der Waals surface area contributed by atoms with Crippen LogP contribution in [0.1, 0.15) is 26.7 Å². The highest BCUT2D eigenvalue weighted by atomic mass is 35.5. The Hall–Kier alpha value is 0.280. The molecule has 14 heavy (non-hydrogen) atoms. The van der Waals surface area contributed by atoms with Gasteiger partial charge in [0.15, 0.2) is 4.33 Å². The summed E-state index contributed by atoms with van der Waals surface area (Å²) < 4.78 is 4.82. The molecule has 0 saturated heterocycles. The number of alkyl halides is 2. The molecule has 0 bridgehead atoms. The average molecular weight is 235 g/mol. The summed E-state index contributed by atoms with van der Waals surface area (Å²) in [5.74, 6) is 0.875. The van der Waals surface area contributed by atoms with Crippen LogP contribution in [0.5, 0.6) is 0 Å². The van der Waals surface area contributed by atoms with Crippen molar-refractivity contribution >= 4 is 23.2 Å². The number of rotatable bonds is 2. The molecule has 2 aliphatic carbocycles. The molecule has 0 heterocycles. The van der Waals surface area contributed by atoms with Crippen molar-refractivity contribution in [2.45, 2.75) is 36.6 Å². The first kappa shape index (κ1) is 10.8. The smallest absolute Gasteiger partial charge is 0.153 e. The summed E-state index contributed by atoms with van der Waals surface area (Å²) in [6, 6.07) is 0. The summed E-state index contributed by atoms with van der Waals surface area (Å²) in [7, 11) is 1.70.